The van der Waals surface area contributed by atoms with Gasteiger partial charge in [0.1, 0.15) is 0 Å². The summed E-state index contributed by atoms with van der Waals surface area (Å²) in [5, 5.41) is 4.08. The Labute approximate surface area is 95.5 Å². The SMILES string of the molecule is Nc1cnn(CCOCC2CCCCO2)c1. The zero-order chi connectivity index (χ0) is 11.2. The van der Waals surface area contributed by atoms with E-state index < -0.39 is 0 Å². The molecule has 1 aromatic heterocycles. The summed E-state index contributed by atoms with van der Waals surface area (Å²) >= 11 is 0. The van der Waals surface area contributed by atoms with Crippen LogP contribution in [0.4, 0.5) is 5.69 Å². The lowest BCUT2D eigenvalue weighted by Gasteiger charge is -2.22. The van der Waals surface area contributed by atoms with Gasteiger partial charge in [-0.15, -0.1) is 0 Å². The first-order valence-electron chi connectivity index (χ1n) is 5.82. The Bertz CT molecular complexity index is 308. The van der Waals surface area contributed by atoms with Crippen LogP contribution in [-0.2, 0) is 16.0 Å². The van der Waals surface area contributed by atoms with Gasteiger partial charge in [-0.05, 0) is 19.3 Å². The highest BCUT2D eigenvalue weighted by Crippen LogP contribution is 2.12. The number of hydrogen-bond acceptors (Lipinski definition) is 4. The maximum atomic E-state index is 5.57. The molecule has 2 N–H and O–H groups in total. The molecule has 1 saturated heterocycles. The van der Waals surface area contributed by atoms with Crippen LogP contribution in [0.2, 0.25) is 0 Å². The minimum Gasteiger partial charge on any atom is -0.396 e. The van der Waals surface area contributed by atoms with Crippen LogP contribution >= 0.6 is 0 Å². The normalized spacial score (nSPS) is 21.1. The number of rotatable bonds is 5. The first-order valence-corrected chi connectivity index (χ1v) is 5.82. The second-order valence-electron chi connectivity index (χ2n) is 4.10. The molecule has 5 heteroatoms. The minimum absolute atomic E-state index is 0.288. The summed E-state index contributed by atoms with van der Waals surface area (Å²) < 4.78 is 12.9. The molecule has 0 aliphatic carbocycles. The second-order valence-corrected chi connectivity index (χ2v) is 4.10. The Balaban J connectivity index is 1.57. The van der Waals surface area contributed by atoms with Crippen molar-refractivity contribution in [1.29, 1.82) is 0 Å². The Morgan fingerprint density at radius 1 is 1.56 bits per heavy atom. The summed E-state index contributed by atoms with van der Waals surface area (Å²) in [4.78, 5) is 0. The summed E-state index contributed by atoms with van der Waals surface area (Å²) in [6.45, 7) is 2.96. The Morgan fingerprint density at radius 2 is 2.50 bits per heavy atom. The maximum absolute atomic E-state index is 5.57. The van der Waals surface area contributed by atoms with Crippen LogP contribution in [0.5, 0.6) is 0 Å². The van der Waals surface area contributed by atoms with Gasteiger partial charge in [0.2, 0.25) is 0 Å². The standard InChI is InChI=1S/C11H19N3O2/c12-10-7-13-14(8-10)4-6-15-9-11-3-1-2-5-16-11/h7-8,11H,1-6,9,12H2. The summed E-state index contributed by atoms with van der Waals surface area (Å²) in [5.41, 5.74) is 6.25. The average molecular weight is 225 g/mol. The molecule has 16 heavy (non-hydrogen) atoms. The van der Waals surface area contributed by atoms with E-state index in [-0.39, 0.29) is 6.10 Å². The van der Waals surface area contributed by atoms with Crippen molar-refractivity contribution in [2.24, 2.45) is 0 Å². The van der Waals surface area contributed by atoms with E-state index in [9.17, 15) is 0 Å². The van der Waals surface area contributed by atoms with E-state index in [2.05, 4.69) is 5.10 Å². The van der Waals surface area contributed by atoms with Gasteiger partial charge in [0, 0.05) is 12.8 Å². The van der Waals surface area contributed by atoms with E-state index in [0.29, 0.717) is 18.9 Å². The van der Waals surface area contributed by atoms with Crippen LogP contribution in [0.15, 0.2) is 12.4 Å². The Kier molecular flexibility index (Phi) is 4.18. The first kappa shape index (κ1) is 11.4. The third-order valence-electron chi connectivity index (χ3n) is 2.70. The van der Waals surface area contributed by atoms with Gasteiger partial charge in [-0.1, -0.05) is 0 Å². The molecule has 2 rings (SSSR count). The van der Waals surface area contributed by atoms with Crippen molar-refractivity contribution in [2.45, 2.75) is 31.9 Å². The molecule has 1 fully saturated rings. The maximum Gasteiger partial charge on any atom is 0.0808 e. The largest absolute Gasteiger partial charge is 0.396 e. The third kappa shape index (κ3) is 3.50. The first-order chi connectivity index (χ1) is 7.84. The topological polar surface area (TPSA) is 62.3 Å². The molecule has 0 bridgehead atoms. The quantitative estimate of drug-likeness (QED) is 0.761. The number of nitrogens with two attached hydrogens (primary N) is 1. The van der Waals surface area contributed by atoms with Crippen molar-refractivity contribution in [3.05, 3.63) is 12.4 Å². The van der Waals surface area contributed by atoms with E-state index in [1.54, 1.807) is 17.1 Å². The predicted molar refractivity (Wildman–Crippen MR) is 61.0 cm³/mol. The Hall–Kier alpha value is -1.07. The second kappa shape index (κ2) is 5.86. The summed E-state index contributed by atoms with van der Waals surface area (Å²) in [7, 11) is 0. The van der Waals surface area contributed by atoms with Gasteiger partial charge in [-0.2, -0.15) is 5.10 Å². The highest BCUT2D eigenvalue weighted by molar-refractivity contribution is 5.30. The highest BCUT2D eigenvalue weighted by Gasteiger charge is 2.13. The fourth-order valence-electron chi connectivity index (χ4n) is 1.81. The smallest absolute Gasteiger partial charge is 0.0808 e. The van der Waals surface area contributed by atoms with Crippen molar-refractivity contribution in [3.63, 3.8) is 0 Å². The van der Waals surface area contributed by atoms with Crippen LogP contribution < -0.4 is 5.73 Å². The molecule has 1 aliphatic heterocycles. The molecule has 1 unspecified atom stereocenters. The van der Waals surface area contributed by atoms with E-state index in [1.165, 1.54) is 12.8 Å². The van der Waals surface area contributed by atoms with E-state index >= 15 is 0 Å². The van der Waals surface area contributed by atoms with Gasteiger partial charge in [0.15, 0.2) is 0 Å². The van der Waals surface area contributed by atoms with Crippen molar-refractivity contribution < 1.29 is 9.47 Å². The van der Waals surface area contributed by atoms with Crippen LogP contribution in [0.25, 0.3) is 0 Å². The fraction of sp³-hybridized carbons (Fsp3) is 0.727. The molecule has 1 aliphatic rings. The number of anilines is 1. The number of ether oxygens (including phenoxy) is 2. The average Bonchev–Trinajstić information content (AvgIpc) is 2.72. The molecule has 0 radical (unpaired) electrons. The van der Waals surface area contributed by atoms with E-state index in [1.807, 2.05) is 0 Å². The summed E-state index contributed by atoms with van der Waals surface area (Å²) in [6.07, 6.45) is 7.29. The fourth-order valence-corrected chi connectivity index (χ4v) is 1.81. The predicted octanol–water partition coefficient (Wildman–Crippen LogP) is 1.05. The lowest BCUT2D eigenvalue weighted by Crippen LogP contribution is -2.25. The monoisotopic (exact) mass is 225 g/mol. The molecule has 2 heterocycles. The molecular weight excluding hydrogens is 206 g/mol. The van der Waals surface area contributed by atoms with Gasteiger partial charge in [0.25, 0.3) is 0 Å². The molecule has 5 nitrogen and oxygen atoms in total. The molecule has 1 atom stereocenters. The van der Waals surface area contributed by atoms with E-state index in [4.69, 9.17) is 15.2 Å². The van der Waals surface area contributed by atoms with E-state index in [0.717, 1.165) is 19.6 Å². The van der Waals surface area contributed by atoms with Crippen molar-refractivity contribution in [3.8, 4) is 0 Å². The molecule has 0 aromatic carbocycles. The van der Waals surface area contributed by atoms with Gasteiger partial charge >= 0.3 is 0 Å². The molecule has 1 aromatic rings. The van der Waals surface area contributed by atoms with Crippen molar-refractivity contribution >= 4 is 5.69 Å². The Morgan fingerprint density at radius 3 is 3.19 bits per heavy atom. The minimum atomic E-state index is 0.288. The van der Waals surface area contributed by atoms with Crippen molar-refractivity contribution in [2.75, 3.05) is 25.6 Å². The van der Waals surface area contributed by atoms with Crippen LogP contribution in [-0.4, -0.2) is 35.7 Å². The molecule has 0 spiro atoms. The molecule has 0 amide bonds. The molecular formula is C11H19N3O2. The lowest BCUT2D eigenvalue weighted by molar-refractivity contribution is -0.0420. The number of aromatic nitrogens is 2. The van der Waals surface area contributed by atoms with Gasteiger partial charge in [-0.3, -0.25) is 4.68 Å². The van der Waals surface area contributed by atoms with Gasteiger partial charge in [-0.25, -0.2) is 0 Å². The van der Waals surface area contributed by atoms with Gasteiger partial charge in [0.05, 0.1) is 37.7 Å². The molecule has 90 valence electrons. The zero-order valence-electron chi connectivity index (χ0n) is 9.47. The number of nitrogens with zero attached hydrogens (tertiary/aromatic N) is 2. The number of hydrogen-bond donors (Lipinski definition) is 1. The lowest BCUT2D eigenvalue weighted by atomic mass is 10.1. The molecule has 0 saturated carbocycles. The van der Waals surface area contributed by atoms with Crippen LogP contribution in [0, 0.1) is 0 Å². The zero-order valence-corrected chi connectivity index (χ0v) is 9.47. The summed E-state index contributed by atoms with van der Waals surface area (Å²) in [5.74, 6) is 0. The number of nitrogen functional groups attached to an aromatic ring is 1. The van der Waals surface area contributed by atoms with Crippen LogP contribution in [0.1, 0.15) is 19.3 Å². The van der Waals surface area contributed by atoms with Crippen LogP contribution in [0.3, 0.4) is 0 Å². The van der Waals surface area contributed by atoms with Crippen molar-refractivity contribution in [1.82, 2.24) is 9.78 Å². The summed E-state index contributed by atoms with van der Waals surface area (Å²) in [6, 6.07) is 0. The third-order valence-corrected chi connectivity index (χ3v) is 2.70. The highest BCUT2D eigenvalue weighted by atomic mass is 16.5. The van der Waals surface area contributed by atoms with Gasteiger partial charge < -0.3 is 15.2 Å².